The van der Waals surface area contributed by atoms with Gasteiger partial charge < -0.3 is 12.3 Å². The Kier molecular flexibility index (Phi) is 10.2. The number of rotatable bonds is 9. The molecule has 0 radical (unpaired) electrons. The lowest BCUT2D eigenvalue weighted by Crippen LogP contribution is -2.88. The van der Waals surface area contributed by atoms with Gasteiger partial charge in [0.2, 0.25) is 0 Å². The van der Waals surface area contributed by atoms with E-state index >= 15 is 0 Å². The van der Waals surface area contributed by atoms with Crippen LogP contribution in [0.15, 0.2) is 255 Å². The second-order valence-corrected chi connectivity index (χ2v) is 24.6. The molecular formula is C54H42O3Si3. The van der Waals surface area contributed by atoms with Crippen molar-refractivity contribution in [2.45, 2.75) is 0 Å². The maximum atomic E-state index is 8.37. The molecule has 0 N–H and O–H groups in total. The van der Waals surface area contributed by atoms with Crippen molar-refractivity contribution in [1.29, 1.82) is 0 Å². The minimum atomic E-state index is -3.95. The van der Waals surface area contributed by atoms with Gasteiger partial charge in [-0.25, -0.2) is 0 Å². The molecular weight excluding hydrogens is 781 g/mol. The molecule has 0 aromatic heterocycles. The van der Waals surface area contributed by atoms with Crippen LogP contribution >= 0.6 is 0 Å². The monoisotopic (exact) mass is 822 g/mol. The van der Waals surface area contributed by atoms with E-state index in [0.717, 1.165) is 64.5 Å². The standard InChI is InChI=1S/C54H42O3Si3/c1-9-25-43(26-10-1)51-41-42-52(54(45-29-13-3-14-30-45)53(51)44-27-11-2-12-28-44)60(50-39-23-8-24-40-50)56-58(46-31-15-4-16-32-46,47-33-17-5-18-34-47)55-59(57-60,48-35-19-6-20-36-48)49-37-21-7-22-38-49/h1-42H. The minimum absolute atomic E-state index is 1.02. The summed E-state index contributed by atoms with van der Waals surface area (Å²) in [4.78, 5) is 0. The fourth-order valence-corrected chi connectivity index (χ4v) is 25.8. The first-order chi connectivity index (χ1) is 29.7. The molecule has 3 nitrogen and oxygen atoms in total. The highest BCUT2D eigenvalue weighted by Gasteiger charge is 2.67. The first-order valence-corrected chi connectivity index (χ1v) is 25.9. The Balaban J connectivity index is 1.41. The Morgan fingerprint density at radius 1 is 0.217 bits per heavy atom. The lowest BCUT2D eigenvalue weighted by atomic mass is 9.87. The van der Waals surface area contributed by atoms with Gasteiger partial charge in [-0.3, -0.25) is 0 Å². The van der Waals surface area contributed by atoms with Crippen LogP contribution in [0.3, 0.4) is 0 Å². The van der Waals surface area contributed by atoms with Crippen LogP contribution in [0, 0.1) is 0 Å². The van der Waals surface area contributed by atoms with E-state index in [1.54, 1.807) is 0 Å². The van der Waals surface area contributed by atoms with Crippen molar-refractivity contribution in [2.24, 2.45) is 0 Å². The van der Waals surface area contributed by atoms with Gasteiger partial charge in [0.25, 0.3) is 0 Å². The SMILES string of the molecule is c1ccc(-c2ccc([Si]3(c4ccccc4)O[Si](c4ccccc4)(c4ccccc4)O[Si](c4ccccc4)(c4ccccc4)O3)c(-c3ccccc3)c2-c2ccccc2)cc1. The zero-order valence-electron chi connectivity index (χ0n) is 33.0. The molecule has 9 aromatic rings. The predicted octanol–water partition coefficient (Wildman–Crippen LogP) is 8.82. The van der Waals surface area contributed by atoms with Crippen molar-refractivity contribution in [3.8, 4) is 33.4 Å². The maximum absolute atomic E-state index is 8.37. The van der Waals surface area contributed by atoms with Crippen LogP contribution in [-0.2, 0) is 12.3 Å². The van der Waals surface area contributed by atoms with Gasteiger partial charge in [0.05, 0.1) is 0 Å². The van der Waals surface area contributed by atoms with Gasteiger partial charge in [0.1, 0.15) is 0 Å². The fraction of sp³-hybridized carbons (Fsp3) is 0. The first-order valence-electron chi connectivity index (χ1n) is 20.4. The molecule has 0 unspecified atom stereocenters. The lowest BCUT2D eigenvalue weighted by molar-refractivity contribution is 0.268. The third-order valence-electron chi connectivity index (χ3n) is 11.4. The molecule has 0 spiro atoms. The topological polar surface area (TPSA) is 27.7 Å². The van der Waals surface area contributed by atoms with Crippen molar-refractivity contribution in [1.82, 2.24) is 0 Å². The quantitative estimate of drug-likeness (QED) is 0.136. The number of hydrogen-bond acceptors (Lipinski definition) is 3. The minimum Gasteiger partial charge on any atom is -0.402 e. The summed E-state index contributed by atoms with van der Waals surface area (Å²) in [5.41, 5.74) is 6.70. The highest BCUT2D eigenvalue weighted by molar-refractivity contribution is 7.16. The Morgan fingerprint density at radius 2 is 0.483 bits per heavy atom. The zero-order valence-corrected chi connectivity index (χ0v) is 36.0. The molecule has 0 aliphatic carbocycles. The van der Waals surface area contributed by atoms with Crippen molar-refractivity contribution in [2.75, 3.05) is 0 Å². The van der Waals surface area contributed by atoms with Crippen molar-refractivity contribution in [3.05, 3.63) is 255 Å². The molecule has 9 aromatic carbocycles. The molecule has 1 saturated heterocycles. The average Bonchev–Trinajstić information content (AvgIpc) is 3.35. The Labute approximate surface area is 355 Å². The molecule has 1 aliphatic heterocycles. The van der Waals surface area contributed by atoms with Gasteiger partial charge >= 0.3 is 25.7 Å². The molecule has 10 rings (SSSR count). The number of benzene rings is 9. The molecule has 0 atom stereocenters. The normalized spacial score (nSPS) is 15.2. The largest absolute Gasteiger partial charge is 0.402 e. The van der Waals surface area contributed by atoms with E-state index in [1.165, 1.54) is 0 Å². The fourth-order valence-electron chi connectivity index (χ4n) is 8.69. The second-order valence-electron chi connectivity index (χ2n) is 15.0. The molecule has 0 bridgehead atoms. The average molecular weight is 823 g/mol. The smallest absolute Gasteiger partial charge is 0.391 e. The van der Waals surface area contributed by atoms with Gasteiger partial charge in [-0.1, -0.05) is 255 Å². The molecule has 60 heavy (non-hydrogen) atoms. The molecule has 288 valence electrons. The van der Waals surface area contributed by atoms with E-state index in [4.69, 9.17) is 12.3 Å². The molecule has 0 saturated carbocycles. The van der Waals surface area contributed by atoms with Crippen LogP contribution in [0.2, 0.25) is 0 Å². The molecule has 6 heteroatoms. The van der Waals surface area contributed by atoms with E-state index in [0.29, 0.717) is 0 Å². The molecule has 1 fully saturated rings. The Hall–Kier alpha value is -6.49. The maximum Gasteiger partial charge on any atom is 0.391 e. The van der Waals surface area contributed by atoms with E-state index in [2.05, 4.69) is 255 Å². The summed E-state index contributed by atoms with van der Waals surface area (Å²) in [6, 6.07) is 90.3. The summed E-state index contributed by atoms with van der Waals surface area (Å²) in [5, 5.41) is 6.17. The molecule has 1 aliphatic rings. The summed E-state index contributed by atoms with van der Waals surface area (Å²) >= 11 is 0. The Morgan fingerprint density at radius 3 is 0.833 bits per heavy atom. The van der Waals surface area contributed by atoms with Gasteiger partial charge in [0, 0.05) is 5.19 Å². The summed E-state index contributed by atoms with van der Waals surface area (Å²) in [6.07, 6.45) is 0. The summed E-state index contributed by atoms with van der Waals surface area (Å²) in [7, 11) is -11.4. The summed E-state index contributed by atoms with van der Waals surface area (Å²) in [5.74, 6) is 0. The third kappa shape index (κ3) is 6.66. The van der Waals surface area contributed by atoms with Crippen LogP contribution in [0.5, 0.6) is 0 Å². The summed E-state index contributed by atoms with van der Waals surface area (Å²) < 4.78 is 24.9. The van der Waals surface area contributed by atoms with Crippen LogP contribution < -0.4 is 31.1 Å². The van der Waals surface area contributed by atoms with Crippen LogP contribution in [-0.4, -0.2) is 25.7 Å². The number of hydrogen-bond donors (Lipinski definition) is 0. The zero-order chi connectivity index (χ0) is 40.2. The third-order valence-corrected chi connectivity index (χ3v) is 24.9. The second kappa shape index (κ2) is 16.3. The van der Waals surface area contributed by atoms with E-state index in [-0.39, 0.29) is 0 Å². The van der Waals surface area contributed by atoms with Crippen LogP contribution in [0.25, 0.3) is 33.4 Å². The van der Waals surface area contributed by atoms with Crippen LogP contribution in [0.4, 0.5) is 0 Å². The summed E-state index contributed by atoms with van der Waals surface area (Å²) in [6.45, 7) is 0. The van der Waals surface area contributed by atoms with Crippen molar-refractivity contribution >= 4 is 56.8 Å². The van der Waals surface area contributed by atoms with E-state index in [1.807, 2.05) is 0 Å². The Bertz CT molecular complexity index is 2640. The highest BCUT2D eigenvalue weighted by atomic mass is 28.5. The van der Waals surface area contributed by atoms with Gasteiger partial charge in [-0.05, 0) is 59.3 Å². The lowest BCUT2D eigenvalue weighted by Gasteiger charge is -2.54. The highest BCUT2D eigenvalue weighted by Crippen LogP contribution is 2.42. The first kappa shape index (κ1) is 37.8. The van der Waals surface area contributed by atoms with Crippen molar-refractivity contribution < 1.29 is 12.3 Å². The van der Waals surface area contributed by atoms with Gasteiger partial charge in [-0.15, -0.1) is 0 Å². The van der Waals surface area contributed by atoms with Crippen LogP contribution in [0.1, 0.15) is 0 Å². The van der Waals surface area contributed by atoms with Gasteiger partial charge in [0.15, 0.2) is 0 Å². The predicted molar refractivity (Wildman–Crippen MR) is 253 cm³/mol. The van der Waals surface area contributed by atoms with Crippen molar-refractivity contribution in [3.63, 3.8) is 0 Å². The molecule has 0 amide bonds. The molecule has 1 heterocycles. The van der Waals surface area contributed by atoms with E-state index in [9.17, 15) is 0 Å². The van der Waals surface area contributed by atoms with E-state index < -0.39 is 25.7 Å². The van der Waals surface area contributed by atoms with Gasteiger partial charge in [-0.2, -0.15) is 0 Å².